The van der Waals surface area contributed by atoms with E-state index in [4.69, 9.17) is 27.7 Å². The first-order chi connectivity index (χ1) is 10.5. The fourth-order valence-electron chi connectivity index (χ4n) is 1.87. The topological polar surface area (TPSA) is 82.1 Å². The zero-order valence-corrected chi connectivity index (χ0v) is 12.4. The van der Waals surface area contributed by atoms with E-state index in [-0.39, 0.29) is 17.4 Å². The molecule has 3 rings (SSSR count). The largest absolute Gasteiger partial charge is 0.334 e. The second kappa shape index (κ2) is 5.75. The smallest absolute Gasteiger partial charge is 0.270 e. The molecule has 0 saturated carbocycles. The Morgan fingerprint density at radius 1 is 1.14 bits per heavy atom. The maximum atomic E-state index is 10.8. The van der Waals surface area contributed by atoms with Crippen molar-refractivity contribution in [2.45, 2.75) is 0 Å². The van der Waals surface area contributed by atoms with E-state index in [9.17, 15) is 10.1 Å². The van der Waals surface area contributed by atoms with Crippen molar-refractivity contribution in [1.29, 1.82) is 0 Å². The van der Waals surface area contributed by atoms with Crippen molar-refractivity contribution >= 4 is 28.9 Å². The van der Waals surface area contributed by atoms with Crippen molar-refractivity contribution < 1.29 is 9.45 Å². The molecule has 2 aromatic carbocycles. The average Bonchev–Trinajstić information content (AvgIpc) is 2.97. The minimum Gasteiger partial charge on any atom is -0.334 e. The van der Waals surface area contributed by atoms with Crippen molar-refractivity contribution in [2.75, 3.05) is 0 Å². The zero-order valence-electron chi connectivity index (χ0n) is 10.9. The van der Waals surface area contributed by atoms with Gasteiger partial charge in [0.2, 0.25) is 5.82 Å². The molecule has 0 atom stereocenters. The van der Waals surface area contributed by atoms with Gasteiger partial charge >= 0.3 is 0 Å². The zero-order chi connectivity index (χ0) is 15.7. The van der Waals surface area contributed by atoms with Crippen LogP contribution in [0.15, 0.2) is 47.0 Å². The Bertz CT molecular complexity index is 864. The van der Waals surface area contributed by atoms with Crippen LogP contribution in [-0.4, -0.2) is 15.1 Å². The highest BCUT2D eigenvalue weighted by molar-refractivity contribution is 6.36. The molecule has 110 valence electrons. The minimum atomic E-state index is -0.489. The summed E-state index contributed by atoms with van der Waals surface area (Å²) in [5.74, 6) is 0.452. The summed E-state index contributed by atoms with van der Waals surface area (Å²) in [6.45, 7) is 0. The summed E-state index contributed by atoms with van der Waals surface area (Å²) in [5.41, 5.74) is 0.964. The summed E-state index contributed by atoms with van der Waals surface area (Å²) in [7, 11) is 0. The molecule has 6 nitrogen and oxygen atoms in total. The Morgan fingerprint density at radius 3 is 2.68 bits per heavy atom. The van der Waals surface area contributed by atoms with Gasteiger partial charge in [-0.3, -0.25) is 10.1 Å². The van der Waals surface area contributed by atoms with Crippen molar-refractivity contribution in [3.8, 4) is 22.8 Å². The van der Waals surface area contributed by atoms with E-state index >= 15 is 0 Å². The van der Waals surface area contributed by atoms with Crippen LogP contribution in [0.1, 0.15) is 0 Å². The van der Waals surface area contributed by atoms with Gasteiger partial charge in [-0.2, -0.15) is 4.98 Å². The van der Waals surface area contributed by atoms with Crippen LogP contribution in [0.3, 0.4) is 0 Å². The predicted octanol–water partition coefficient (Wildman–Crippen LogP) is 4.62. The van der Waals surface area contributed by atoms with Gasteiger partial charge in [0.1, 0.15) is 0 Å². The van der Waals surface area contributed by atoms with Crippen molar-refractivity contribution in [1.82, 2.24) is 10.1 Å². The molecule has 0 aliphatic carbocycles. The van der Waals surface area contributed by atoms with Crippen LogP contribution >= 0.6 is 23.2 Å². The molecule has 0 aliphatic rings. The number of non-ortho nitro benzene ring substituents is 1. The first-order valence-electron chi connectivity index (χ1n) is 6.08. The Hall–Kier alpha value is -2.44. The first-order valence-corrected chi connectivity index (χ1v) is 6.84. The van der Waals surface area contributed by atoms with Crippen molar-refractivity contribution in [3.63, 3.8) is 0 Å². The van der Waals surface area contributed by atoms with Gasteiger partial charge in [0.25, 0.3) is 11.6 Å². The maximum Gasteiger partial charge on any atom is 0.270 e. The molecule has 0 unspecified atom stereocenters. The number of hydrogen-bond acceptors (Lipinski definition) is 5. The predicted molar refractivity (Wildman–Crippen MR) is 81.8 cm³/mol. The third-order valence-corrected chi connectivity index (χ3v) is 3.45. The Labute approximate surface area is 134 Å². The number of aromatic nitrogens is 2. The van der Waals surface area contributed by atoms with Crippen LogP contribution in [0.5, 0.6) is 0 Å². The van der Waals surface area contributed by atoms with E-state index in [1.165, 1.54) is 12.1 Å². The molecular weight excluding hydrogens is 329 g/mol. The third-order valence-electron chi connectivity index (χ3n) is 2.90. The molecule has 0 fully saturated rings. The van der Waals surface area contributed by atoms with Crippen LogP contribution in [0.2, 0.25) is 10.0 Å². The standard InChI is InChI=1S/C14H7Cl2N3O3/c15-9-4-5-11(12(16)7-9)13-17-14(22-18-13)8-2-1-3-10(6-8)19(20)21/h1-7H. The van der Waals surface area contributed by atoms with Crippen LogP contribution < -0.4 is 0 Å². The lowest BCUT2D eigenvalue weighted by Crippen LogP contribution is -1.88. The third kappa shape index (κ3) is 2.79. The summed E-state index contributed by atoms with van der Waals surface area (Å²) in [6.07, 6.45) is 0. The molecule has 1 aromatic heterocycles. The van der Waals surface area contributed by atoms with Gasteiger partial charge in [-0.05, 0) is 24.3 Å². The summed E-state index contributed by atoms with van der Waals surface area (Å²) in [5, 5.41) is 15.5. The molecule has 0 N–H and O–H groups in total. The number of rotatable bonds is 3. The molecule has 0 bridgehead atoms. The normalized spacial score (nSPS) is 10.6. The summed E-state index contributed by atoms with van der Waals surface area (Å²) >= 11 is 11.9. The summed E-state index contributed by atoms with van der Waals surface area (Å²) < 4.78 is 5.15. The van der Waals surface area contributed by atoms with Gasteiger partial charge in [0.15, 0.2) is 0 Å². The molecule has 0 spiro atoms. The van der Waals surface area contributed by atoms with Crippen LogP contribution in [0.25, 0.3) is 22.8 Å². The Balaban J connectivity index is 2.00. The number of nitro benzene ring substituents is 1. The number of hydrogen-bond donors (Lipinski definition) is 0. The Morgan fingerprint density at radius 2 is 1.95 bits per heavy atom. The molecule has 22 heavy (non-hydrogen) atoms. The van der Waals surface area contributed by atoms with Crippen LogP contribution in [-0.2, 0) is 0 Å². The highest BCUT2D eigenvalue weighted by Gasteiger charge is 2.15. The Kier molecular flexibility index (Phi) is 3.79. The first kappa shape index (κ1) is 14.5. The maximum absolute atomic E-state index is 10.8. The quantitative estimate of drug-likeness (QED) is 0.515. The van der Waals surface area contributed by atoms with E-state index in [2.05, 4.69) is 10.1 Å². The van der Waals surface area contributed by atoms with E-state index in [0.717, 1.165) is 0 Å². The van der Waals surface area contributed by atoms with E-state index in [1.54, 1.807) is 30.3 Å². The molecule has 0 saturated heterocycles. The van der Waals surface area contributed by atoms with Gasteiger partial charge in [-0.25, -0.2) is 0 Å². The minimum absolute atomic E-state index is 0.0539. The summed E-state index contributed by atoms with van der Waals surface area (Å²) in [6, 6.07) is 10.8. The molecular formula is C14H7Cl2N3O3. The molecule has 8 heteroatoms. The highest BCUT2D eigenvalue weighted by atomic mass is 35.5. The van der Waals surface area contributed by atoms with Crippen LogP contribution in [0, 0.1) is 10.1 Å². The molecule has 0 amide bonds. The number of halogens is 2. The SMILES string of the molecule is O=[N+]([O-])c1cccc(-c2nc(-c3ccc(Cl)cc3Cl)no2)c1. The molecule has 0 radical (unpaired) electrons. The lowest BCUT2D eigenvalue weighted by atomic mass is 10.2. The molecule has 0 aliphatic heterocycles. The number of nitro groups is 1. The fraction of sp³-hybridized carbons (Fsp3) is 0. The van der Waals surface area contributed by atoms with E-state index < -0.39 is 4.92 Å². The van der Waals surface area contributed by atoms with Crippen molar-refractivity contribution in [2.24, 2.45) is 0 Å². The van der Waals surface area contributed by atoms with E-state index in [1.807, 2.05) is 0 Å². The lowest BCUT2D eigenvalue weighted by molar-refractivity contribution is -0.384. The second-order valence-corrected chi connectivity index (χ2v) is 5.20. The summed E-state index contributed by atoms with van der Waals surface area (Å²) in [4.78, 5) is 14.5. The number of nitrogens with zero attached hydrogens (tertiary/aromatic N) is 3. The van der Waals surface area contributed by atoms with E-state index in [0.29, 0.717) is 21.2 Å². The second-order valence-electron chi connectivity index (χ2n) is 4.35. The van der Waals surface area contributed by atoms with Crippen molar-refractivity contribution in [3.05, 3.63) is 62.6 Å². The van der Waals surface area contributed by atoms with Gasteiger partial charge in [0, 0.05) is 28.3 Å². The molecule has 3 aromatic rings. The average molecular weight is 336 g/mol. The number of benzene rings is 2. The fourth-order valence-corrected chi connectivity index (χ4v) is 2.37. The van der Waals surface area contributed by atoms with Gasteiger partial charge in [-0.15, -0.1) is 0 Å². The lowest BCUT2D eigenvalue weighted by Gasteiger charge is -1.98. The van der Waals surface area contributed by atoms with Gasteiger partial charge in [-0.1, -0.05) is 34.4 Å². The van der Waals surface area contributed by atoms with Crippen LogP contribution in [0.4, 0.5) is 5.69 Å². The highest BCUT2D eigenvalue weighted by Crippen LogP contribution is 2.30. The van der Waals surface area contributed by atoms with Gasteiger partial charge < -0.3 is 4.52 Å². The van der Waals surface area contributed by atoms with Gasteiger partial charge in [0.05, 0.1) is 9.95 Å². The monoisotopic (exact) mass is 335 g/mol. The molecule has 1 heterocycles.